The first-order chi connectivity index (χ1) is 17.3. The maximum atomic E-state index is 13.4. The van der Waals surface area contributed by atoms with E-state index in [1.165, 1.54) is 5.69 Å². The van der Waals surface area contributed by atoms with E-state index in [4.69, 9.17) is 0 Å². The molecule has 2 aliphatic rings. The molecule has 35 heavy (non-hydrogen) atoms. The summed E-state index contributed by atoms with van der Waals surface area (Å²) in [5.74, 6) is 1.54. The van der Waals surface area contributed by atoms with Crippen molar-refractivity contribution in [2.75, 3.05) is 24.5 Å². The second kappa shape index (κ2) is 9.33. The molecule has 0 spiro atoms. The second-order valence-electron chi connectivity index (χ2n) is 9.32. The van der Waals surface area contributed by atoms with Crippen LogP contribution in [0, 0.1) is 0 Å². The summed E-state index contributed by atoms with van der Waals surface area (Å²) < 4.78 is 0. The van der Waals surface area contributed by atoms with Gasteiger partial charge in [-0.1, -0.05) is 42.5 Å². The van der Waals surface area contributed by atoms with Crippen LogP contribution in [0.2, 0.25) is 0 Å². The molecule has 2 aromatic carbocycles. The molecule has 6 rings (SSSR count). The van der Waals surface area contributed by atoms with Crippen molar-refractivity contribution >= 4 is 11.7 Å². The first kappa shape index (κ1) is 21.5. The van der Waals surface area contributed by atoms with Crippen LogP contribution in [0.3, 0.4) is 0 Å². The van der Waals surface area contributed by atoms with Crippen molar-refractivity contribution in [2.24, 2.45) is 0 Å². The van der Waals surface area contributed by atoms with E-state index in [2.05, 4.69) is 43.3 Å². The third-order valence-corrected chi connectivity index (χ3v) is 7.26. The van der Waals surface area contributed by atoms with Crippen LogP contribution in [0.5, 0.6) is 0 Å². The van der Waals surface area contributed by atoms with Crippen molar-refractivity contribution in [2.45, 2.75) is 31.7 Å². The highest BCUT2D eigenvalue weighted by Gasteiger charge is 2.29. The molecular weight excluding hydrogens is 436 g/mol. The smallest absolute Gasteiger partial charge is 0.254 e. The number of hydrogen-bond acceptors (Lipinski definition) is 5. The molecule has 1 saturated heterocycles. The molecule has 0 saturated carbocycles. The average Bonchev–Trinajstić information content (AvgIpc) is 3.48. The maximum absolute atomic E-state index is 13.4. The van der Waals surface area contributed by atoms with Crippen LogP contribution in [-0.4, -0.2) is 50.6 Å². The standard InChI is InChI=1S/C28H28N6O/c35-28(23-8-6-21(7-9-23)20-4-2-1-3-5-20)34-17-13-26-24(18-34)27(30-19-29-26)33-15-11-22(12-16-33)25-10-14-31-32-25/h1-10,14,19,22H,11-13,15-18H2,(H,31,32). The summed E-state index contributed by atoms with van der Waals surface area (Å²) in [6.45, 7) is 3.08. The summed E-state index contributed by atoms with van der Waals surface area (Å²) in [5, 5.41) is 7.23. The van der Waals surface area contributed by atoms with Gasteiger partial charge in [0, 0.05) is 55.0 Å². The van der Waals surface area contributed by atoms with Crippen molar-refractivity contribution in [1.29, 1.82) is 0 Å². The largest absolute Gasteiger partial charge is 0.356 e. The van der Waals surface area contributed by atoms with Gasteiger partial charge in [-0.3, -0.25) is 9.89 Å². The first-order valence-electron chi connectivity index (χ1n) is 12.3. The molecule has 1 amide bonds. The highest BCUT2D eigenvalue weighted by atomic mass is 16.2. The fraction of sp³-hybridized carbons (Fsp3) is 0.286. The number of carbonyl (C=O) groups excluding carboxylic acids is 1. The van der Waals surface area contributed by atoms with E-state index >= 15 is 0 Å². The Morgan fingerprint density at radius 2 is 1.66 bits per heavy atom. The lowest BCUT2D eigenvalue weighted by Crippen LogP contribution is -2.39. The minimum Gasteiger partial charge on any atom is -0.356 e. The predicted molar refractivity (Wildman–Crippen MR) is 135 cm³/mol. The molecule has 4 heterocycles. The number of benzene rings is 2. The van der Waals surface area contributed by atoms with E-state index in [-0.39, 0.29) is 5.91 Å². The van der Waals surface area contributed by atoms with Crippen molar-refractivity contribution in [3.05, 3.63) is 95.7 Å². The van der Waals surface area contributed by atoms with Crippen molar-refractivity contribution in [3.63, 3.8) is 0 Å². The van der Waals surface area contributed by atoms with Crippen LogP contribution in [-0.2, 0) is 13.0 Å². The molecular formula is C28H28N6O. The topological polar surface area (TPSA) is 78.0 Å². The maximum Gasteiger partial charge on any atom is 0.254 e. The monoisotopic (exact) mass is 464 g/mol. The zero-order valence-corrected chi connectivity index (χ0v) is 19.6. The molecule has 0 atom stereocenters. The number of amides is 1. The third-order valence-electron chi connectivity index (χ3n) is 7.26. The van der Waals surface area contributed by atoms with Gasteiger partial charge in [0.2, 0.25) is 0 Å². The highest BCUT2D eigenvalue weighted by molar-refractivity contribution is 5.95. The second-order valence-corrected chi connectivity index (χ2v) is 9.32. The zero-order valence-electron chi connectivity index (χ0n) is 19.6. The average molecular weight is 465 g/mol. The third kappa shape index (κ3) is 4.30. The van der Waals surface area contributed by atoms with E-state index < -0.39 is 0 Å². The van der Waals surface area contributed by atoms with Gasteiger partial charge in [0.1, 0.15) is 12.1 Å². The van der Waals surface area contributed by atoms with E-state index in [0.29, 0.717) is 24.6 Å². The van der Waals surface area contributed by atoms with E-state index in [0.717, 1.165) is 60.6 Å². The van der Waals surface area contributed by atoms with Gasteiger partial charge in [0.25, 0.3) is 5.91 Å². The molecule has 176 valence electrons. The Bertz CT molecular complexity index is 1300. The van der Waals surface area contributed by atoms with Gasteiger partial charge in [0.05, 0.1) is 12.2 Å². The summed E-state index contributed by atoms with van der Waals surface area (Å²) in [7, 11) is 0. The number of hydrogen-bond donors (Lipinski definition) is 1. The normalized spacial score (nSPS) is 16.2. The number of rotatable bonds is 4. The fourth-order valence-corrected chi connectivity index (χ4v) is 5.29. The molecule has 0 unspecified atom stereocenters. The summed E-state index contributed by atoms with van der Waals surface area (Å²) in [5.41, 5.74) is 6.34. The van der Waals surface area contributed by atoms with Crippen molar-refractivity contribution in [1.82, 2.24) is 25.1 Å². The van der Waals surface area contributed by atoms with Gasteiger partial charge in [-0.2, -0.15) is 5.10 Å². The van der Waals surface area contributed by atoms with Gasteiger partial charge >= 0.3 is 0 Å². The Labute approximate surface area is 204 Å². The number of piperidine rings is 1. The number of nitrogens with zero attached hydrogens (tertiary/aromatic N) is 5. The van der Waals surface area contributed by atoms with Crippen LogP contribution < -0.4 is 4.90 Å². The lowest BCUT2D eigenvalue weighted by Gasteiger charge is -2.36. The van der Waals surface area contributed by atoms with Gasteiger partial charge < -0.3 is 9.80 Å². The summed E-state index contributed by atoms with van der Waals surface area (Å²) in [6, 6.07) is 20.2. The number of fused-ring (bicyclic) bond motifs is 1. The zero-order chi connectivity index (χ0) is 23.6. The number of carbonyl (C=O) groups is 1. The predicted octanol–water partition coefficient (Wildman–Crippen LogP) is 4.45. The molecule has 1 fully saturated rings. The molecule has 4 aromatic rings. The molecule has 2 aromatic heterocycles. The van der Waals surface area contributed by atoms with E-state index in [1.807, 2.05) is 53.6 Å². The summed E-state index contributed by atoms with van der Waals surface area (Å²) in [4.78, 5) is 26.9. The quantitative estimate of drug-likeness (QED) is 0.483. The number of aromatic amines is 1. The molecule has 2 aliphatic heterocycles. The Morgan fingerprint density at radius 1 is 0.886 bits per heavy atom. The van der Waals surface area contributed by atoms with Crippen LogP contribution in [0.25, 0.3) is 11.1 Å². The minimum atomic E-state index is 0.0583. The fourth-order valence-electron chi connectivity index (χ4n) is 5.29. The molecule has 7 nitrogen and oxygen atoms in total. The van der Waals surface area contributed by atoms with Crippen LogP contribution in [0.1, 0.15) is 46.1 Å². The summed E-state index contributed by atoms with van der Waals surface area (Å²) in [6.07, 6.45) is 6.36. The van der Waals surface area contributed by atoms with Gasteiger partial charge in [-0.15, -0.1) is 0 Å². The Hall–Kier alpha value is -4.00. The highest BCUT2D eigenvalue weighted by Crippen LogP contribution is 2.32. The van der Waals surface area contributed by atoms with Crippen LogP contribution >= 0.6 is 0 Å². The lowest BCUT2D eigenvalue weighted by atomic mass is 9.93. The number of nitrogens with one attached hydrogen (secondary N) is 1. The molecule has 0 bridgehead atoms. The number of H-pyrrole nitrogens is 1. The SMILES string of the molecule is O=C(c1ccc(-c2ccccc2)cc1)N1CCc2ncnc(N3CCC(c4ccn[nH]4)CC3)c2C1. The minimum absolute atomic E-state index is 0.0583. The van der Waals surface area contributed by atoms with Crippen LogP contribution in [0.4, 0.5) is 5.82 Å². The van der Waals surface area contributed by atoms with Gasteiger partial charge in [-0.05, 0) is 42.2 Å². The van der Waals surface area contributed by atoms with E-state index in [1.54, 1.807) is 6.33 Å². The van der Waals surface area contributed by atoms with Gasteiger partial charge in [-0.25, -0.2) is 9.97 Å². The number of anilines is 1. The number of aromatic nitrogens is 4. The molecule has 7 heteroatoms. The Morgan fingerprint density at radius 3 is 2.40 bits per heavy atom. The van der Waals surface area contributed by atoms with Crippen LogP contribution in [0.15, 0.2) is 73.2 Å². The van der Waals surface area contributed by atoms with Gasteiger partial charge in [0.15, 0.2) is 0 Å². The molecule has 0 aliphatic carbocycles. The van der Waals surface area contributed by atoms with Crippen molar-refractivity contribution < 1.29 is 4.79 Å². The molecule has 1 N–H and O–H groups in total. The Balaban J connectivity index is 1.17. The van der Waals surface area contributed by atoms with Crippen molar-refractivity contribution in [3.8, 4) is 11.1 Å². The van der Waals surface area contributed by atoms with E-state index in [9.17, 15) is 4.79 Å². The molecule has 0 radical (unpaired) electrons. The summed E-state index contributed by atoms with van der Waals surface area (Å²) >= 11 is 0. The Kier molecular flexibility index (Phi) is 5.74. The lowest BCUT2D eigenvalue weighted by molar-refractivity contribution is 0.0733. The first-order valence-corrected chi connectivity index (χ1v) is 12.3.